The zero-order valence-electron chi connectivity index (χ0n) is 10.0. The van der Waals surface area contributed by atoms with E-state index in [1.165, 1.54) is 5.56 Å². The first-order chi connectivity index (χ1) is 8.24. The SMILES string of the molecule is COc1ccc(C)cc1-c1cnc(CCS)[nH]1. The Bertz CT molecular complexity index is 508. The first-order valence-corrected chi connectivity index (χ1v) is 6.17. The minimum Gasteiger partial charge on any atom is -0.496 e. The van der Waals surface area contributed by atoms with E-state index in [4.69, 9.17) is 4.74 Å². The number of imidazole rings is 1. The van der Waals surface area contributed by atoms with E-state index in [0.717, 1.165) is 35.0 Å². The Morgan fingerprint density at radius 3 is 2.94 bits per heavy atom. The summed E-state index contributed by atoms with van der Waals surface area (Å²) in [6.45, 7) is 2.06. The van der Waals surface area contributed by atoms with Gasteiger partial charge in [-0.05, 0) is 24.8 Å². The topological polar surface area (TPSA) is 37.9 Å². The summed E-state index contributed by atoms with van der Waals surface area (Å²) in [5, 5.41) is 0. The fourth-order valence-corrected chi connectivity index (χ4v) is 1.98. The first-order valence-electron chi connectivity index (χ1n) is 5.54. The number of benzene rings is 1. The summed E-state index contributed by atoms with van der Waals surface area (Å²) >= 11 is 4.20. The van der Waals surface area contributed by atoms with E-state index < -0.39 is 0 Å². The predicted molar refractivity (Wildman–Crippen MR) is 72.9 cm³/mol. The van der Waals surface area contributed by atoms with Gasteiger partial charge in [-0.2, -0.15) is 12.6 Å². The van der Waals surface area contributed by atoms with Crippen LogP contribution in [-0.4, -0.2) is 22.8 Å². The lowest BCUT2D eigenvalue weighted by molar-refractivity contribution is 0.416. The Hall–Kier alpha value is -1.42. The molecule has 0 aliphatic carbocycles. The number of aryl methyl sites for hydroxylation is 2. The molecule has 3 nitrogen and oxygen atoms in total. The van der Waals surface area contributed by atoms with E-state index >= 15 is 0 Å². The second-order valence-electron chi connectivity index (χ2n) is 3.92. The molecule has 17 heavy (non-hydrogen) atoms. The highest BCUT2D eigenvalue weighted by molar-refractivity contribution is 7.80. The molecule has 1 heterocycles. The highest BCUT2D eigenvalue weighted by Gasteiger charge is 2.08. The fourth-order valence-electron chi connectivity index (χ4n) is 1.76. The van der Waals surface area contributed by atoms with Gasteiger partial charge >= 0.3 is 0 Å². The Balaban J connectivity index is 2.40. The normalized spacial score (nSPS) is 10.5. The molecule has 0 fully saturated rings. The summed E-state index contributed by atoms with van der Waals surface area (Å²) < 4.78 is 5.36. The quantitative estimate of drug-likeness (QED) is 0.816. The molecule has 0 atom stereocenters. The van der Waals surface area contributed by atoms with Gasteiger partial charge in [-0.15, -0.1) is 0 Å². The van der Waals surface area contributed by atoms with Gasteiger partial charge in [-0.1, -0.05) is 11.6 Å². The summed E-state index contributed by atoms with van der Waals surface area (Å²) in [6.07, 6.45) is 2.69. The second kappa shape index (κ2) is 5.27. The van der Waals surface area contributed by atoms with Gasteiger partial charge in [0, 0.05) is 12.0 Å². The Labute approximate surface area is 107 Å². The highest BCUT2D eigenvalue weighted by atomic mass is 32.1. The van der Waals surface area contributed by atoms with Gasteiger partial charge in [0.1, 0.15) is 11.6 Å². The van der Waals surface area contributed by atoms with Crippen molar-refractivity contribution in [3.05, 3.63) is 35.8 Å². The minimum atomic E-state index is 0.790. The van der Waals surface area contributed by atoms with Crippen molar-refractivity contribution in [2.75, 3.05) is 12.9 Å². The van der Waals surface area contributed by atoms with Gasteiger partial charge in [0.05, 0.1) is 19.0 Å². The highest BCUT2D eigenvalue weighted by Crippen LogP contribution is 2.29. The number of H-pyrrole nitrogens is 1. The molecule has 0 saturated heterocycles. The summed E-state index contributed by atoms with van der Waals surface area (Å²) in [6, 6.07) is 6.11. The molecule has 0 bridgehead atoms. The predicted octanol–water partition coefficient (Wildman–Crippen LogP) is 2.87. The number of methoxy groups -OCH3 is 1. The standard InChI is InChI=1S/C13H16N2OS/c1-9-3-4-12(16-2)10(7-9)11-8-14-13(15-11)5-6-17/h3-4,7-8,17H,5-6H2,1-2H3,(H,14,15). The van der Waals surface area contributed by atoms with Crippen LogP contribution in [-0.2, 0) is 6.42 Å². The molecular formula is C13H16N2OS. The van der Waals surface area contributed by atoms with Crippen LogP contribution >= 0.6 is 12.6 Å². The van der Waals surface area contributed by atoms with Gasteiger partial charge in [0.25, 0.3) is 0 Å². The maximum Gasteiger partial charge on any atom is 0.128 e. The molecule has 0 radical (unpaired) electrons. The largest absolute Gasteiger partial charge is 0.496 e. The minimum absolute atomic E-state index is 0.790. The smallest absolute Gasteiger partial charge is 0.128 e. The summed E-state index contributed by atoms with van der Waals surface area (Å²) in [7, 11) is 1.68. The third kappa shape index (κ3) is 2.64. The van der Waals surface area contributed by atoms with E-state index in [2.05, 4.69) is 35.6 Å². The summed E-state index contributed by atoms with van der Waals surface area (Å²) in [5.41, 5.74) is 3.24. The number of aromatic amines is 1. The van der Waals surface area contributed by atoms with Crippen LogP contribution in [0.2, 0.25) is 0 Å². The fraction of sp³-hybridized carbons (Fsp3) is 0.308. The number of thiol groups is 1. The van der Waals surface area contributed by atoms with E-state index in [0.29, 0.717) is 0 Å². The zero-order valence-corrected chi connectivity index (χ0v) is 10.9. The summed E-state index contributed by atoms with van der Waals surface area (Å²) in [5.74, 6) is 2.60. The Morgan fingerprint density at radius 1 is 1.41 bits per heavy atom. The lowest BCUT2D eigenvalue weighted by Crippen LogP contribution is -1.91. The lowest BCUT2D eigenvalue weighted by Gasteiger charge is -2.07. The number of ether oxygens (including phenoxy) is 1. The Morgan fingerprint density at radius 2 is 2.24 bits per heavy atom. The Kier molecular flexibility index (Phi) is 3.74. The first kappa shape index (κ1) is 12.0. The van der Waals surface area contributed by atoms with Crippen LogP contribution in [0.4, 0.5) is 0 Å². The van der Waals surface area contributed by atoms with Gasteiger partial charge < -0.3 is 9.72 Å². The van der Waals surface area contributed by atoms with Crippen LogP contribution in [0.25, 0.3) is 11.3 Å². The molecule has 1 aromatic carbocycles. The van der Waals surface area contributed by atoms with Gasteiger partial charge in [-0.3, -0.25) is 0 Å². The molecule has 0 aliphatic rings. The molecule has 0 amide bonds. The van der Waals surface area contributed by atoms with Crippen LogP contribution in [0, 0.1) is 6.92 Å². The van der Waals surface area contributed by atoms with Crippen LogP contribution in [0.1, 0.15) is 11.4 Å². The summed E-state index contributed by atoms with van der Waals surface area (Å²) in [4.78, 5) is 7.62. The number of rotatable bonds is 4. The monoisotopic (exact) mass is 248 g/mol. The maximum atomic E-state index is 5.36. The molecule has 0 aliphatic heterocycles. The van der Waals surface area contributed by atoms with Crippen molar-refractivity contribution < 1.29 is 4.74 Å². The molecule has 1 aromatic heterocycles. The molecule has 2 rings (SSSR count). The average Bonchev–Trinajstić information content (AvgIpc) is 2.78. The van der Waals surface area contributed by atoms with Crippen molar-refractivity contribution in [2.24, 2.45) is 0 Å². The molecule has 1 N–H and O–H groups in total. The van der Waals surface area contributed by atoms with E-state index in [9.17, 15) is 0 Å². The van der Waals surface area contributed by atoms with E-state index in [1.807, 2.05) is 18.3 Å². The molecular weight excluding hydrogens is 232 g/mol. The molecule has 4 heteroatoms. The number of hydrogen-bond acceptors (Lipinski definition) is 3. The third-order valence-electron chi connectivity index (χ3n) is 2.62. The van der Waals surface area contributed by atoms with Crippen molar-refractivity contribution in [1.82, 2.24) is 9.97 Å². The molecule has 2 aromatic rings. The lowest BCUT2D eigenvalue weighted by atomic mass is 10.1. The van der Waals surface area contributed by atoms with Crippen LogP contribution < -0.4 is 4.74 Å². The van der Waals surface area contributed by atoms with E-state index in [-0.39, 0.29) is 0 Å². The van der Waals surface area contributed by atoms with Crippen molar-refractivity contribution in [3.8, 4) is 17.0 Å². The van der Waals surface area contributed by atoms with Crippen molar-refractivity contribution >= 4 is 12.6 Å². The average molecular weight is 248 g/mol. The van der Waals surface area contributed by atoms with Gasteiger partial charge in [0.2, 0.25) is 0 Å². The van der Waals surface area contributed by atoms with Crippen LogP contribution in [0.5, 0.6) is 5.75 Å². The number of nitrogens with zero attached hydrogens (tertiary/aromatic N) is 1. The molecule has 0 unspecified atom stereocenters. The molecule has 0 saturated carbocycles. The van der Waals surface area contributed by atoms with Crippen molar-refractivity contribution in [3.63, 3.8) is 0 Å². The van der Waals surface area contributed by atoms with Gasteiger partial charge in [-0.25, -0.2) is 4.98 Å². The van der Waals surface area contributed by atoms with Gasteiger partial charge in [0.15, 0.2) is 0 Å². The van der Waals surface area contributed by atoms with Crippen molar-refractivity contribution in [1.29, 1.82) is 0 Å². The van der Waals surface area contributed by atoms with Crippen LogP contribution in [0.3, 0.4) is 0 Å². The molecule has 0 spiro atoms. The van der Waals surface area contributed by atoms with Crippen molar-refractivity contribution in [2.45, 2.75) is 13.3 Å². The van der Waals surface area contributed by atoms with E-state index in [1.54, 1.807) is 7.11 Å². The third-order valence-corrected chi connectivity index (χ3v) is 2.85. The number of hydrogen-bond donors (Lipinski definition) is 2. The number of aromatic nitrogens is 2. The maximum absolute atomic E-state index is 5.36. The van der Waals surface area contributed by atoms with Crippen LogP contribution in [0.15, 0.2) is 24.4 Å². The second-order valence-corrected chi connectivity index (χ2v) is 4.37. The molecule has 90 valence electrons. The number of nitrogens with one attached hydrogen (secondary N) is 1. The zero-order chi connectivity index (χ0) is 12.3.